The second-order valence-corrected chi connectivity index (χ2v) is 12.0. The van der Waals surface area contributed by atoms with Crippen molar-refractivity contribution < 1.29 is 26.9 Å². The minimum atomic E-state index is -4.71. The molecule has 1 amide bonds. The number of amides is 1. The first-order chi connectivity index (χ1) is 20.9. The number of anilines is 4. The summed E-state index contributed by atoms with van der Waals surface area (Å²) in [6, 6.07) is 10.2. The zero-order valence-electron chi connectivity index (χ0n) is 25.4. The number of piperidine rings is 1. The van der Waals surface area contributed by atoms with Crippen molar-refractivity contribution in [1.82, 2.24) is 20.2 Å². The van der Waals surface area contributed by atoms with Gasteiger partial charge in [0.25, 0.3) is 5.91 Å². The predicted octanol–water partition coefficient (Wildman–Crippen LogP) is 5.11. The van der Waals surface area contributed by atoms with Crippen LogP contribution in [0.25, 0.3) is 0 Å². The second-order valence-electron chi connectivity index (χ2n) is 10.6. The number of alkyl halides is 3. The van der Waals surface area contributed by atoms with Crippen LogP contribution in [0.1, 0.15) is 46.8 Å². The zero-order chi connectivity index (χ0) is 32.0. The number of aromatic nitrogens is 2. The maximum atomic E-state index is 13.9. The fourth-order valence-electron chi connectivity index (χ4n) is 5.00. The molecule has 238 valence electrons. The first-order valence-corrected chi connectivity index (χ1v) is 15.7. The van der Waals surface area contributed by atoms with E-state index in [1.54, 1.807) is 35.6 Å². The van der Waals surface area contributed by atoms with E-state index in [1.807, 2.05) is 19.1 Å². The standard InChI is InChI=1S/C30H38F3N7O3S/c1-6-40-13-7-8-22(18-40)36-28(41)20-11-12-24(26(15-20)43-4)37-29-35-17-23(30(31,32)33)27(38-29)34-16-21-10-9-19(2)14-25(21)39(3)44(5)42/h9-12,14-15,17,22H,6-8,13,16,18H2,1-5H3,(H,36,41)(H2,34,35,37,38)/t22-,44?/m1/s1. The Balaban J connectivity index is 1.55. The van der Waals surface area contributed by atoms with Gasteiger partial charge in [-0.1, -0.05) is 19.1 Å². The van der Waals surface area contributed by atoms with Gasteiger partial charge in [0, 0.05) is 44.2 Å². The summed E-state index contributed by atoms with van der Waals surface area (Å²) in [7, 11) is 1.75. The van der Waals surface area contributed by atoms with Crippen LogP contribution in [0, 0.1) is 6.92 Å². The number of rotatable bonds is 11. The highest BCUT2D eigenvalue weighted by Gasteiger charge is 2.35. The monoisotopic (exact) mass is 633 g/mol. The van der Waals surface area contributed by atoms with Gasteiger partial charge in [0.05, 0.1) is 18.5 Å². The van der Waals surface area contributed by atoms with E-state index < -0.39 is 28.5 Å². The topological polar surface area (TPSA) is 112 Å². The third-order valence-corrected chi connectivity index (χ3v) is 8.47. The van der Waals surface area contributed by atoms with Crippen molar-refractivity contribution >= 4 is 40.0 Å². The molecular weight excluding hydrogens is 595 g/mol. The van der Waals surface area contributed by atoms with Gasteiger partial charge in [-0.2, -0.15) is 18.2 Å². The van der Waals surface area contributed by atoms with Gasteiger partial charge in [0.2, 0.25) is 5.95 Å². The molecule has 1 saturated heterocycles. The molecule has 1 aliphatic rings. The average molecular weight is 634 g/mol. The number of likely N-dealkylation sites (N-methyl/N-ethyl adjacent to an activating group) is 1. The van der Waals surface area contributed by atoms with E-state index in [-0.39, 0.29) is 24.4 Å². The summed E-state index contributed by atoms with van der Waals surface area (Å²) in [6.45, 7) is 6.69. The van der Waals surface area contributed by atoms with E-state index in [9.17, 15) is 22.2 Å². The van der Waals surface area contributed by atoms with Crippen LogP contribution in [0.15, 0.2) is 42.6 Å². The Bertz CT molecular complexity index is 1510. The summed E-state index contributed by atoms with van der Waals surface area (Å²) in [5.74, 6) is -0.461. The summed E-state index contributed by atoms with van der Waals surface area (Å²) in [5, 5.41) is 8.78. The van der Waals surface area contributed by atoms with Crippen molar-refractivity contribution in [3.8, 4) is 5.75 Å². The van der Waals surface area contributed by atoms with Crippen LogP contribution in [0.5, 0.6) is 5.75 Å². The molecule has 14 heteroatoms. The Morgan fingerprint density at radius 1 is 1.23 bits per heavy atom. The molecule has 3 aromatic rings. The minimum Gasteiger partial charge on any atom is -0.495 e. The van der Waals surface area contributed by atoms with Gasteiger partial charge in [-0.05, 0) is 68.2 Å². The fraction of sp³-hybridized carbons (Fsp3) is 0.433. The number of carbonyl (C=O) groups excluding carboxylic acids is 1. The third kappa shape index (κ3) is 8.17. The lowest BCUT2D eigenvalue weighted by atomic mass is 10.0. The molecule has 3 N–H and O–H groups in total. The number of aryl methyl sites for hydroxylation is 1. The molecule has 0 bridgehead atoms. The summed E-state index contributed by atoms with van der Waals surface area (Å²) in [5.41, 5.74) is 1.91. The summed E-state index contributed by atoms with van der Waals surface area (Å²) in [4.78, 5) is 23.3. The number of methoxy groups -OCH3 is 1. The molecule has 2 aromatic carbocycles. The highest BCUT2D eigenvalue weighted by molar-refractivity contribution is 7.85. The molecular formula is C30H38F3N7O3S. The number of benzene rings is 2. The van der Waals surface area contributed by atoms with Crippen LogP contribution in [0.2, 0.25) is 0 Å². The van der Waals surface area contributed by atoms with Gasteiger partial charge in [0.1, 0.15) is 28.1 Å². The molecule has 0 spiro atoms. The fourth-order valence-corrected chi connectivity index (χ4v) is 5.45. The van der Waals surface area contributed by atoms with Crippen LogP contribution in [0.3, 0.4) is 0 Å². The maximum Gasteiger partial charge on any atom is 0.421 e. The summed E-state index contributed by atoms with van der Waals surface area (Å²) < 4.78 is 60.8. The summed E-state index contributed by atoms with van der Waals surface area (Å²) >= 11 is 0. The van der Waals surface area contributed by atoms with Crippen molar-refractivity contribution in [1.29, 1.82) is 0 Å². The number of nitrogens with zero attached hydrogens (tertiary/aromatic N) is 4. The van der Waals surface area contributed by atoms with E-state index in [2.05, 4.69) is 37.7 Å². The Labute approximate surface area is 258 Å². The van der Waals surface area contributed by atoms with Crippen LogP contribution in [-0.4, -0.2) is 71.1 Å². The molecule has 1 unspecified atom stereocenters. The highest BCUT2D eigenvalue weighted by atomic mass is 32.2. The Morgan fingerprint density at radius 2 is 2.00 bits per heavy atom. The third-order valence-electron chi connectivity index (χ3n) is 7.50. The SMILES string of the molecule is CCN1CCC[C@@H](NC(=O)c2ccc(Nc3ncc(C(F)(F)F)c(NCc4ccc(C)cc4N(C)S(C)=O)n3)c(OC)c2)C1. The van der Waals surface area contributed by atoms with Gasteiger partial charge in [-0.15, -0.1) is 0 Å². The lowest BCUT2D eigenvalue weighted by Crippen LogP contribution is -2.47. The number of carbonyl (C=O) groups is 1. The number of likely N-dealkylation sites (tertiary alicyclic amines) is 1. The molecule has 0 aliphatic carbocycles. The van der Waals surface area contributed by atoms with Crippen molar-refractivity contribution in [3.63, 3.8) is 0 Å². The number of nitrogens with one attached hydrogen (secondary N) is 3. The van der Waals surface area contributed by atoms with Crippen molar-refractivity contribution in [3.05, 3.63) is 64.8 Å². The van der Waals surface area contributed by atoms with Crippen molar-refractivity contribution in [2.24, 2.45) is 0 Å². The molecule has 4 rings (SSSR count). The van der Waals surface area contributed by atoms with Gasteiger partial charge in [0.15, 0.2) is 0 Å². The average Bonchev–Trinajstić information content (AvgIpc) is 2.99. The highest BCUT2D eigenvalue weighted by Crippen LogP contribution is 2.35. The molecule has 44 heavy (non-hydrogen) atoms. The first-order valence-electron chi connectivity index (χ1n) is 14.2. The number of hydrogen-bond donors (Lipinski definition) is 3. The van der Waals surface area contributed by atoms with Crippen molar-refractivity contribution in [2.75, 3.05) is 55.0 Å². The number of ether oxygens (including phenoxy) is 1. The number of hydrogen-bond acceptors (Lipinski definition) is 8. The minimum absolute atomic E-state index is 0.0131. The molecule has 2 heterocycles. The van der Waals surface area contributed by atoms with Crippen LogP contribution in [0.4, 0.5) is 36.3 Å². The first kappa shape index (κ1) is 33.0. The predicted molar refractivity (Wildman–Crippen MR) is 167 cm³/mol. The lowest BCUT2D eigenvalue weighted by molar-refractivity contribution is -0.137. The molecule has 0 saturated carbocycles. The summed E-state index contributed by atoms with van der Waals surface area (Å²) in [6.07, 6.45) is -0.567. The van der Waals surface area contributed by atoms with Crippen LogP contribution >= 0.6 is 0 Å². The quantitative estimate of drug-likeness (QED) is 0.267. The molecule has 1 aromatic heterocycles. The Morgan fingerprint density at radius 3 is 2.68 bits per heavy atom. The molecule has 1 fully saturated rings. The van der Waals surface area contributed by atoms with Gasteiger partial charge >= 0.3 is 6.18 Å². The molecule has 1 aliphatic heterocycles. The maximum absolute atomic E-state index is 13.9. The van der Waals surface area contributed by atoms with Crippen molar-refractivity contribution in [2.45, 2.75) is 45.5 Å². The lowest BCUT2D eigenvalue weighted by Gasteiger charge is -2.32. The van der Waals surface area contributed by atoms with Gasteiger partial charge in [-0.25, -0.2) is 9.19 Å². The Hall–Kier alpha value is -3.91. The van der Waals surface area contributed by atoms with E-state index in [1.165, 1.54) is 13.4 Å². The largest absolute Gasteiger partial charge is 0.495 e. The second kappa shape index (κ2) is 14.2. The molecule has 2 atom stereocenters. The molecule has 10 nitrogen and oxygen atoms in total. The number of halogens is 3. The van der Waals surface area contributed by atoms with E-state index in [0.29, 0.717) is 34.4 Å². The van der Waals surface area contributed by atoms with Gasteiger partial charge in [-0.3, -0.25) is 9.10 Å². The normalized spacial score (nSPS) is 16.2. The molecule has 0 radical (unpaired) electrons. The van der Waals surface area contributed by atoms with Crippen LogP contribution < -0.4 is 25.0 Å². The van der Waals surface area contributed by atoms with E-state index in [0.717, 1.165) is 38.0 Å². The Kier molecular flexibility index (Phi) is 10.7. The van der Waals surface area contributed by atoms with Gasteiger partial charge < -0.3 is 25.6 Å². The van der Waals surface area contributed by atoms with E-state index in [4.69, 9.17) is 4.74 Å². The van der Waals surface area contributed by atoms with Crippen LogP contribution in [-0.2, 0) is 23.7 Å². The zero-order valence-corrected chi connectivity index (χ0v) is 26.2. The smallest absolute Gasteiger partial charge is 0.421 e. The van der Waals surface area contributed by atoms with E-state index >= 15 is 0 Å².